The van der Waals surface area contributed by atoms with Gasteiger partial charge in [0, 0.05) is 22.0 Å². The Balaban J connectivity index is 2.13. The van der Waals surface area contributed by atoms with Crippen molar-refractivity contribution in [2.24, 2.45) is 0 Å². The molecule has 0 heterocycles. The van der Waals surface area contributed by atoms with Crippen molar-refractivity contribution in [3.05, 3.63) is 56.0 Å². The first-order chi connectivity index (χ1) is 12.8. The summed E-state index contributed by atoms with van der Waals surface area (Å²) in [4.78, 5) is 11.7. The first-order valence-electron chi connectivity index (χ1n) is 8.87. The molecular formula is C21H24Br2O4. The number of aromatic hydroxyl groups is 1. The van der Waals surface area contributed by atoms with Gasteiger partial charge in [-0.15, -0.1) is 0 Å². The molecule has 0 bridgehead atoms. The Bertz CT molecular complexity index is 780. The van der Waals surface area contributed by atoms with Gasteiger partial charge in [-0.3, -0.25) is 4.79 Å². The molecule has 2 rings (SSSR count). The van der Waals surface area contributed by atoms with Crippen molar-refractivity contribution in [3.63, 3.8) is 0 Å². The van der Waals surface area contributed by atoms with Crippen LogP contribution in [0.3, 0.4) is 0 Å². The number of benzene rings is 2. The first-order valence-corrected chi connectivity index (χ1v) is 10.5. The van der Waals surface area contributed by atoms with Crippen LogP contribution in [-0.2, 0) is 11.2 Å². The van der Waals surface area contributed by atoms with Crippen molar-refractivity contribution in [3.8, 4) is 11.5 Å². The molecule has 0 fully saturated rings. The highest BCUT2D eigenvalue weighted by molar-refractivity contribution is 9.11. The topological polar surface area (TPSA) is 66.8 Å². The molecular weight excluding hydrogens is 476 g/mol. The van der Waals surface area contributed by atoms with Gasteiger partial charge in [-0.25, -0.2) is 0 Å². The fourth-order valence-corrected chi connectivity index (χ4v) is 4.15. The molecule has 0 aromatic heterocycles. The van der Waals surface area contributed by atoms with E-state index in [0.717, 1.165) is 25.6 Å². The molecule has 6 heteroatoms. The van der Waals surface area contributed by atoms with E-state index in [9.17, 15) is 9.90 Å². The molecule has 0 spiro atoms. The van der Waals surface area contributed by atoms with Crippen LogP contribution in [-0.4, -0.2) is 29.2 Å². The van der Waals surface area contributed by atoms with Crippen LogP contribution in [0.2, 0.25) is 0 Å². The lowest BCUT2D eigenvalue weighted by atomic mass is 9.96. The smallest absolute Gasteiger partial charge is 0.170 e. The van der Waals surface area contributed by atoms with Crippen LogP contribution in [0.25, 0.3) is 0 Å². The van der Waals surface area contributed by atoms with E-state index < -0.39 is 0 Å². The molecule has 0 unspecified atom stereocenters. The Kier molecular flexibility index (Phi) is 8.32. The Labute approximate surface area is 176 Å². The second-order valence-corrected chi connectivity index (χ2v) is 8.45. The molecule has 146 valence electrons. The van der Waals surface area contributed by atoms with Crippen LogP contribution in [0.5, 0.6) is 11.5 Å². The maximum absolute atomic E-state index is 11.7. The van der Waals surface area contributed by atoms with Crippen molar-refractivity contribution < 1.29 is 19.7 Å². The van der Waals surface area contributed by atoms with Gasteiger partial charge >= 0.3 is 0 Å². The summed E-state index contributed by atoms with van der Waals surface area (Å²) in [5.74, 6) is 1.13. The summed E-state index contributed by atoms with van der Waals surface area (Å²) in [5.41, 5.74) is 3.10. The second-order valence-electron chi connectivity index (χ2n) is 6.74. The number of phenols is 1. The predicted octanol–water partition coefficient (Wildman–Crippen LogP) is 5.35. The van der Waals surface area contributed by atoms with Crippen LogP contribution in [0, 0.1) is 0 Å². The molecule has 2 aromatic carbocycles. The zero-order chi connectivity index (χ0) is 20.0. The summed E-state index contributed by atoms with van der Waals surface area (Å²) >= 11 is 7.18. The highest BCUT2D eigenvalue weighted by Gasteiger charge is 2.13. The van der Waals surface area contributed by atoms with Gasteiger partial charge in [0.25, 0.3) is 0 Å². The van der Waals surface area contributed by atoms with Gasteiger partial charge in [0.2, 0.25) is 0 Å². The molecule has 0 radical (unpaired) electrons. The lowest BCUT2D eigenvalue weighted by Crippen LogP contribution is -2.11. The van der Waals surface area contributed by atoms with E-state index in [4.69, 9.17) is 9.84 Å². The van der Waals surface area contributed by atoms with E-state index in [-0.39, 0.29) is 24.9 Å². The maximum Gasteiger partial charge on any atom is 0.170 e. The fraction of sp³-hybridized carbons (Fsp3) is 0.381. The summed E-state index contributed by atoms with van der Waals surface area (Å²) in [6.45, 7) is 4.11. The normalized spacial score (nSPS) is 11.0. The fourth-order valence-electron chi connectivity index (χ4n) is 2.72. The third-order valence-corrected chi connectivity index (χ3v) is 5.64. The van der Waals surface area contributed by atoms with Gasteiger partial charge in [0.1, 0.15) is 18.1 Å². The minimum Gasteiger partial charge on any atom is -0.508 e. The Morgan fingerprint density at radius 1 is 1.15 bits per heavy atom. The van der Waals surface area contributed by atoms with Gasteiger partial charge in [-0.1, -0.05) is 57.8 Å². The van der Waals surface area contributed by atoms with Gasteiger partial charge in [0.05, 0.1) is 0 Å². The van der Waals surface area contributed by atoms with Crippen molar-refractivity contribution >= 4 is 37.6 Å². The molecule has 4 nitrogen and oxygen atoms in total. The third kappa shape index (κ3) is 6.33. The Morgan fingerprint density at radius 3 is 2.41 bits per heavy atom. The second kappa shape index (κ2) is 10.2. The predicted molar refractivity (Wildman–Crippen MR) is 114 cm³/mol. The summed E-state index contributed by atoms with van der Waals surface area (Å²) in [5, 5.41) is 18.8. The van der Waals surface area contributed by atoms with Gasteiger partial charge in [-0.05, 0) is 53.6 Å². The standard InChI is InChI=1S/C21H24Br2O4/c1-13(2)17-8-14(5-6-21(17)26)9-18-19(22)10-16(11-20(18)23)27-12-15(25)4-3-7-24/h5-6,8,10-11,13,24,26H,3-4,7,9,12H2,1-2H3. The third-order valence-electron chi connectivity index (χ3n) is 4.22. The summed E-state index contributed by atoms with van der Waals surface area (Å²) < 4.78 is 7.34. The molecule has 27 heavy (non-hydrogen) atoms. The molecule has 2 N–H and O–H groups in total. The average molecular weight is 500 g/mol. The van der Waals surface area contributed by atoms with Crippen LogP contribution in [0.15, 0.2) is 39.3 Å². The van der Waals surface area contributed by atoms with E-state index >= 15 is 0 Å². The highest BCUT2D eigenvalue weighted by atomic mass is 79.9. The number of Topliss-reactive ketones (excluding diaryl/α,β-unsaturated/α-hetero) is 1. The Morgan fingerprint density at radius 2 is 1.81 bits per heavy atom. The molecule has 0 aliphatic rings. The highest BCUT2D eigenvalue weighted by Crippen LogP contribution is 2.34. The zero-order valence-corrected chi connectivity index (χ0v) is 18.6. The zero-order valence-electron chi connectivity index (χ0n) is 15.5. The number of carbonyl (C=O) groups is 1. The first kappa shape index (κ1) is 21.9. The monoisotopic (exact) mass is 498 g/mol. The molecule has 0 saturated carbocycles. The minimum absolute atomic E-state index is 0.00601. The van der Waals surface area contributed by atoms with Crippen LogP contribution < -0.4 is 4.74 Å². The number of ether oxygens (including phenoxy) is 1. The lowest BCUT2D eigenvalue weighted by Gasteiger charge is -2.14. The van der Waals surface area contributed by atoms with Gasteiger partial charge < -0.3 is 14.9 Å². The molecule has 0 amide bonds. The number of aliphatic hydroxyl groups is 1. The van der Waals surface area contributed by atoms with E-state index in [1.54, 1.807) is 6.07 Å². The number of phenolic OH excluding ortho intramolecular Hbond substituents is 1. The number of halogens is 2. The van der Waals surface area contributed by atoms with Crippen molar-refractivity contribution in [2.75, 3.05) is 13.2 Å². The summed E-state index contributed by atoms with van der Waals surface area (Å²) in [6.07, 6.45) is 1.46. The molecule has 0 aliphatic heterocycles. The van der Waals surface area contributed by atoms with E-state index in [1.165, 1.54) is 0 Å². The Hall–Kier alpha value is -1.37. The van der Waals surface area contributed by atoms with Crippen LogP contribution >= 0.6 is 31.9 Å². The number of hydrogen-bond donors (Lipinski definition) is 2. The van der Waals surface area contributed by atoms with Gasteiger partial charge in [-0.2, -0.15) is 0 Å². The molecule has 2 aromatic rings. The maximum atomic E-state index is 11.7. The SMILES string of the molecule is CC(C)c1cc(Cc2c(Br)cc(OCC(=O)CCCO)cc2Br)ccc1O. The molecule has 0 aliphatic carbocycles. The van der Waals surface area contributed by atoms with E-state index in [1.807, 2.05) is 24.3 Å². The van der Waals surface area contributed by atoms with Crippen molar-refractivity contribution in [1.29, 1.82) is 0 Å². The number of ketones is 1. The van der Waals surface area contributed by atoms with E-state index in [2.05, 4.69) is 45.7 Å². The number of aliphatic hydroxyl groups excluding tert-OH is 1. The van der Waals surface area contributed by atoms with Crippen LogP contribution in [0.1, 0.15) is 49.3 Å². The number of hydrogen-bond acceptors (Lipinski definition) is 4. The number of carbonyl (C=O) groups excluding carboxylic acids is 1. The summed E-state index contributed by atoms with van der Waals surface area (Å²) in [7, 11) is 0. The summed E-state index contributed by atoms with van der Waals surface area (Å²) in [6, 6.07) is 9.39. The van der Waals surface area contributed by atoms with Crippen LogP contribution in [0.4, 0.5) is 0 Å². The van der Waals surface area contributed by atoms with Crippen molar-refractivity contribution in [1.82, 2.24) is 0 Å². The molecule has 0 atom stereocenters. The van der Waals surface area contributed by atoms with Gasteiger partial charge in [0.15, 0.2) is 5.78 Å². The minimum atomic E-state index is -0.0364. The number of rotatable bonds is 9. The lowest BCUT2D eigenvalue weighted by molar-refractivity contribution is -0.121. The quantitative estimate of drug-likeness (QED) is 0.487. The molecule has 0 saturated heterocycles. The van der Waals surface area contributed by atoms with E-state index in [0.29, 0.717) is 30.8 Å². The largest absolute Gasteiger partial charge is 0.508 e. The average Bonchev–Trinajstić information content (AvgIpc) is 2.62. The van der Waals surface area contributed by atoms with Crippen molar-refractivity contribution in [2.45, 2.75) is 39.0 Å².